The number of nitrogens with one attached hydrogen (secondary N) is 1. The first-order valence-corrected chi connectivity index (χ1v) is 6.64. The number of pyridine rings is 1. The van der Waals surface area contributed by atoms with Gasteiger partial charge in [-0.15, -0.1) is 0 Å². The Morgan fingerprint density at radius 3 is 2.90 bits per heavy atom. The number of fused-ring (bicyclic) bond motifs is 1. The minimum absolute atomic E-state index is 0.813. The van der Waals surface area contributed by atoms with E-state index in [1.807, 2.05) is 54.6 Å². The van der Waals surface area contributed by atoms with Crippen LogP contribution in [0.3, 0.4) is 0 Å². The quantitative estimate of drug-likeness (QED) is 0.584. The van der Waals surface area contributed by atoms with Gasteiger partial charge < -0.3 is 4.74 Å². The molecule has 4 heteroatoms. The average Bonchev–Trinajstić information content (AvgIpc) is 2.55. The summed E-state index contributed by atoms with van der Waals surface area (Å²) in [4.78, 5) is 4.32. The Bertz CT molecular complexity index is 778. The van der Waals surface area contributed by atoms with Crippen LogP contribution in [0.25, 0.3) is 10.9 Å². The molecule has 21 heavy (non-hydrogen) atoms. The van der Waals surface area contributed by atoms with Crippen molar-refractivity contribution in [2.24, 2.45) is 5.10 Å². The summed E-state index contributed by atoms with van der Waals surface area (Å²) >= 11 is 0. The second-order valence-electron chi connectivity index (χ2n) is 4.52. The van der Waals surface area contributed by atoms with Crippen molar-refractivity contribution in [1.82, 2.24) is 4.98 Å². The van der Waals surface area contributed by atoms with Gasteiger partial charge in [-0.05, 0) is 29.8 Å². The third kappa shape index (κ3) is 3.00. The smallest absolute Gasteiger partial charge is 0.119 e. The van der Waals surface area contributed by atoms with E-state index in [0.717, 1.165) is 27.9 Å². The highest BCUT2D eigenvalue weighted by atomic mass is 16.5. The molecule has 0 radical (unpaired) electrons. The van der Waals surface area contributed by atoms with E-state index < -0.39 is 0 Å². The number of para-hydroxylation sites is 1. The number of nitrogens with zero attached hydrogens (tertiary/aromatic N) is 2. The molecule has 1 heterocycles. The molecule has 0 aliphatic rings. The number of hydrogen-bond donors (Lipinski definition) is 1. The molecule has 3 rings (SSSR count). The molecule has 0 aliphatic heterocycles. The number of aromatic nitrogens is 1. The van der Waals surface area contributed by atoms with Crippen LogP contribution in [0, 0.1) is 0 Å². The largest absolute Gasteiger partial charge is 0.497 e. The minimum atomic E-state index is 0.813. The number of anilines is 1. The van der Waals surface area contributed by atoms with Gasteiger partial charge in [0.2, 0.25) is 0 Å². The summed E-state index contributed by atoms with van der Waals surface area (Å²) in [5.74, 6) is 0.813. The molecular formula is C17H15N3O. The Balaban J connectivity index is 1.81. The van der Waals surface area contributed by atoms with E-state index >= 15 is 0 Å². The minimum Gasteiger partial charge on any atom is -0.497 e. The fraction of sp³-hybridized carbons (Fsp3) is 0.0588. The summed E-state index contributed by atoms with van der Waals surface area (Å²) in [5.41, 5.74) is 5.91. The molecule has 0 amide bonds. The maximum atomic E-state index is 5.19. The molecule has 0 aliphatic carbocycles. The van der Waals surface area contributed by atoms with Gasteiger partial charge in [-0.1, -0.05) is 30.3 Å². The van der Waals surface area contributed by atoms with Gasteiger partial charge in [0.1, 0.15) is 5.75 Å². The van der Waals surface area contributed by atoms with Crippen molar-refractivity contribution in [3.05, 3.63) is 66.4 Å². The van der Waals surface area contributed by atoms with E-state index in [4.69, 9.17) is 4.74 Å². The Labute approximate surface area is 123 Å². The molecule has 0 saturated heterocycles. The molecule has 1 N–H and O–H groups in total. The second-order valence-corrected chi connectivity index (χ2v) is 4.52. The molecule has 0 saturated carbocycles. The number of hydrogen-bond acceptors (Lipinski definition) is 4. The van der Waals surface area contributed by atoms with Crippen molar-refractivity contribution in [3.63, 3.8) is 0 Å². The highest BCUT2D eigenvalue weighted by molar-refractivity contribution is 5.91. The number of ether oxygens (including phenoxy) is 1. The van der Waals surface area contributed by atoms with Crippen molar-refractivity contribution in [2.75, 3.05) is 12.5 Å². The molecule has 0 fully saturated rings. The predicted octanol–water partition coefficient (Wildman–Crippen LogP) is 3.69. The molecule has 3 aromatic rings. The van der Waals surface area contributed by atoms with Crippen LogP contribution in [0.1, 0.15) is 5.56 Å². The van der Waals surface area contributed by atoms with Crippen LogP contribution in [0.5, 0.6) is 5.75 Å². The summed E-state index contributed by atoms with van der Waals surface area (Å²) < 4.78 is 5.19. The van der Waals surface area contributed by atoms with E-state index in [9.17, 15) is 0 Å². The lowest BCUT2D eigenvalue weighted by molar-refractivity contribution is 0.415. The number of benzene rings is 2. The fourth-order valence-electron chi connectivity index (χ4n) is 2.09. The molecule has 2 aromatic carbocycles. The normalized spacial score (nSPS) is 10.9. The SMILES string of the molecule is COc1cccc(C=NNc2ccnc3ccccc23)c1. The van der Waals surface area contributed by atoms with Crippen molar-refractivity contribution >= 4 is 22.8 Å². The third-order valence-corrected chi connectivity index (χ3v) is 3.14. The van der Waals surface area contributed by atoms with E-state index in [0.29, 0.717) is 0 Å². The van der Waals surface area contributed by atoms with Crippen LogP contribution in [-0.2, 0) is 0 Å². The molecule has 4 nitrogen and oxygen atoms in total. The summed E-state index contributed by atoms with van der Waals surface area (Å²) in [5, 5.41) is 5.32. The van der Waals surface area contributed by atoms with Crippen LogP contribution in [0.2, 0.25) is 0 Å². The summed E-state index contributed by atoms with van der Waals surface area (Å²) in [6.45, 7) is 0. The van der Waals surface area contributed by atoms with Crippen molar-refractivity contribution in [2.45, 2.75) is 0 Å². The summed E-state index contributed by atoms with van der Waals surface area (Å²) in [7, 11) is 1.65. The first-order valence-electron chi connectivity index (χ1n) is 6.64. The Morgan fingerprint density at radius 1 is 1.10 bits per heavy atom. The van der Waals surface area contributed by atoms with Gasteiger partial charge in [-0.2, -0.15) is 5.10 Å². The van der Waals surface area contributed by atoms with Crippen molar-refractivity contribution < 1.29 is 4.74 Å². The molecular weight excluding hydrogens is 262 g/mol. The third-order valence-electron chi connectivity index (χ3n) is 3.14. The van der Waals surface area contributed by atoms with Gasteiger partial charge >= 0.3 is 0 Å². The van der Waals surface area contributed by atoms with Crippen LogP contribution < -0.4 is 10.2 Å². The van der Waals surface area contributed by atoms with E-state index in [2.05, 4.69) is 15.5 Å². The molecule has 1 aromatic heterocycles. The standard InChI is InChI=1S/C17H15N3O/c1-21-14-6-4-5-13(11-14)12-19-20-17-9-10-18-16-8-3-2-7-15(16)17/h2-12H,1H3,(H,18,20). The lowest BCUT2D eigenvalue weighted by Gasteiger charge is -2.04. The summed E-state index contributed by atoms with van der Waals surface area (Å²) in [6.07, 6.45) is 3.53. The monoisotopic (exact) mass is 277 g/mol. The van der Waals surface area contributed by atoms with Crippen molar-refractivity contribution in [1.29, 1.82) is 0 Å². The first-order chi connectivity index (χ1) is 10.4. The fourth-order valence-corrected chi connectivity index (χ4v) is 2.09. The number of rotatable bonds is 4. The summed E-state index contributed by atoms with van der Waals surface area (Å²) in [6, 6.07) is 17.6. The highest BCUT2D eigenvalue weighted by Gasteiger charge is 1.99. The number of methoxy groups -OCH3 is 1. The lowest BCUT2D eigenvalue weighted by atomic mass is 10.2. The van der Waals surface area contributed by atoms with E-state index in [1.165, 1.54) is 0 Å². The maximum Gasteiger partial charge on any atom is 0.119 e. The lowest BCUT2D eigenvalue weighted by Crippen LogP contribution is -1.93. The van der Waals surface area contributed by atoms with Crippen LogP contribution >= 0.6 is 0 Å². The molecule has 0 spiro atoms. The molecule has 0 bridgehead atoms. The zero-order chi connectivity index (χ0) is 14.5. The Kier molecular flexibility index (Phi) is 3.78. The topological polar surface area (TPSA) is 46.5 Å². The van der Waals surface area contributed by atoms with Gasteiger partial charge in [-0.3, -0.25) is 10.4 Å². The van der Waals surface area contributed by atoms with Crippen LogP contribution in [0.15, 0.2) is 65.9 Å². The van der Waals surface area contributed by atoms with E-state index in [1.54, 1.807) is 19.5 Å². The van der Waals surface area contributed by atoms with Crippen LogP contribution in [0.4, 0.5) is 5.69 Å². The van der Waals surface area contributed by atoms with Crippen molar-refractivity contribution in [3.8, 4) is 5.75 Å². The zero-order valence-electron chi connectivity index (χ0n) is 11.7. The number of hydrazone groups is 1. The Hall–Kier alpha value is -2.88. The van der Waals surface area contributed by atoms with Gasteiger partial charge in [0.15, 0.2) is 0 Å². The first kappa shape index (κ1) is 13.1. The second kappa shape index (κ2) is 6.05. The predicted molar refractivity (Wildman–Crippen MR) is 86.0 cm³/mol. The molecule has 0 unspecified atom stereocenters. The maximum absolute atomic E-state index is 5.19. The van der Waals surface area contributed by atoms with E-state index in [-0.39, 0.29) is 0 Å². The van der Waals surface area contributed by atoms with Gasteiger partial charge in [0.25, 0.3) is 0 Å². The molecule has 104 valence electrons. The van der Waals surface area contributed by atoms with Crippen LogP contribution in [-0.4, -0.2) is 18.3 Å². The Morgan fingerprint density at radius 2 is 2.00 bits per heavy atom. The average molecular weight is 277 g/mol. The highest BCUT2D eigenvalue weighted by Crippen LogP contribution is 2.20. The van der Waals surface area contributed by atoms with Gasteiger partial charge in [-0.25, -0.2) is 0 Å². The van der Waals surface area contributed by atoms with Gasteiger partial charge in [0, 0.05) is 11.6 Å². The molecule has 0 atom stereocenters. The van der Waals surface area contributed by atoms with Gasteiger partial charge in [0.05, 0.1) is 24.5 Å². The zero-order valence-corrected chi connectivity index (χ0v) is 11.7.